The molecule has 0 saturated carbocycles. The SMILES string of the molecule is O=CCCCc1ccc(O)c([N+](=O)[O-])c1. The number of phenolic OH excluding ortho intramolecular Hbond substituents is 1. The van der Waals surface area contributed by atoms with Crippen LogP contribution in [0, 0.1) is 10.1 Å². The molecule has 1 rings (SSSR count). The quantitative estimate of drug-likeness (QED) is 0.347. The van der Waals surface area contributed by atoms with Crippen LogP contribution in [0.1, 0.15) is 18.4 Å². The first-order chi connectivity index (χ1) is 7.15. The minimum Gasteiger partial charge on any atom is -0.502 e. The Morgan fingerprint density at radius 3 is 2.80 bits per heavy atom. The number of carbonyl (C=O) groups excluding carboxylic acids is 1. The van der Waals surface area contributed by atoms with E-state index in [0.717, 1.165) is 11.8 Å². The average molecular weight is 209 g/mol. The summed E-state index contributed by atoms with van der Waals surface area (Å²) in [5.74, 6) is -0.334. The van der Waals surface area contributed by atoms with Gasteiger partial charge in [-0.05, 0) is 24.5 Å². The number of nitrogens with zero attached hydrogens (tertiary/aromatic N) is 1. The molecule has 80 valence electrons. The fourth-order valence-corrected chi connectivity index (χ4v) is 1.26. The molecule has 1 aromatic carbocycles. The summed E-state index contributed by atoms with van der Waals surface area (Å²) in [6, 6.07) is 4.25. The number of carbonyl (C=O) groups is 1. The van der Waals surface area contributed by atoms with Gasteiger partial charge in [-0.25, -0.2) is 0 Å². The third kappa shape index (κ3) is 3.05. The number of hydrogen-bond donors (Lipinski definition) is 1. The van der Waals surface area contributed by atoms with E-state index in [1.807, 2.05) is 0 Å². The van der Waals surface area contributed by atoms with E-state index in [-0.39, 0.29) is 11.4 Å². The van der Waals surface area contributed by atoms with Crippen molar-refractivity contribution in [3.05, 3.63) is 33.9 Å². The second kappa shape index (κ2) is 5.09. The zero-order valence-electron chi connectivity index (χ0n) is 8.05. The number of aryl methyl sites for hydroxylation is 1. The van der Waals surface area contributed by atoms with E-state index >= 15 is 0 Å². The molecule has 0 spiro atoms. The molecule has 0 fully saturated rings. The normalized spacial score (nSPS) is 9.87. The number of benzene rings is 1. The van der Waals surface area contributed by atoms with E-state index in [1.165, 1.54) is 12.1 Å². The lowest BCUT2D eigenvalue weighted by Gasteiger charge is -2.00. The first-order valence-electron chi connectivity index (χ1n) is 4.55. The van der Waals surface area contributed by atoms with Crippen molar-refractivity contribution in [1.82, 2.24) is 0 Å². The Hall–Kier alpha value is -1.91. The fourth-order valence-electron chi connectivity index (χ4n) is 1.26. The van der Waals surface area contributed by atoms with Gasteiger partial charge in [0.1, 0.15) is 6.29 Å². The number of unbranched alkanes of at least 4 members (excludes halogenated alkanes) is 1. The average Bonchev–Trinajstić information content (AvgIpc) is 2.20. The van der Waals surface area contributed by atoms with Gasteiger partial charge in [-0.15, -0.1) is 0 Å². The van der Waals surface area contributed by atoms with Gasteiger partial charge in [-0.1, -0.05) is 6.07 Å². The van der Waals surface area contributed by atoms with E-state index in [9.17, 15) is 20.0 Å². The molecule has 0 saturated heterocycles. The van der Waals surface area contributed by atoms with Gasteiger partial charge in [0.05, 0.1) is 4.92 Å². The second-order valence-corrected chi connectivity index (χ2v) is 3.14. The molecular formula is C10H11NO4. The van der Waals surface area contributed by atoms with Crippen LogP contribution in [0.5, 0.6) is 5.75 Å². The summed E-state index contributed by atoms with van der Waals surface area (Å²) in [6.45, 7) is 0. The lowest BCUT2D eigenvalue weighted by molar-refractivity contribution is -0.385. The van der Waals surface area contributed by atoms with Crippen molar-refractivity contribution in [3.8, 4) is 5.75 Å². The molecule has 0 atom stereocenters. The van der Waals surface area contributed by atoms with Crippen molar-refractivity contribution in [2.24, 2.45) is 0 Å². The first kappa shape index (κ1) is 11.2. The van der Waals surface area contributed by atoms with Gasteiger partial charge in [-0.3, -0.25) is 10.1 Å². The van der Waals surface area contributed by atoms with E-state index < -0.39 is 4.92 Å². The van der Waals surface area contributed by atoms with Gasteiger partial charge in [0.25, 0.3) is 0 Å². The molecule has 0 radical (unpaired) electrons. The number of nitro groups is 1. The molecule has 5 heteroatoms. The highest BCUT2D eigenvalue weighted by Gasteiger charge is 2.12. The standard InChI is InChI=1S/C10H11NO4/c12-6-2-1-3-8-4-5-10(13)9(7-8)11(14)15/h4-7,13H,1-3H2. The maximum atomic E-state index is 10.5. The van der Waals surface area contributed by atoms with Crippen LogP contribution in [-0.2, 0) is 11.2 Å². The maximum Gasteiger partial charge on any atom is 0.310 e. The molecular weight excluding hydrogens is 198 g/mol. The zero-order valence-corrected chi connectivity index (χ0v) is 8.05. The van der Waals surface area contributed by atoms with Gasteiger partial charge >= 0.3 is 5.69 Å². The predicted molar refractivity (Wildman–Crippen MR) is 53.8 cm³/mol. The molecule has 0 aliphatic rings. The molecule has 1 aromatic rings. The third-order valence-corrected chi connectivity index (χ3v) is 2.02. The summed E-state index contributed by atoms with van der Waals surface area (Å²) >= 11 is 0. The highest BCUT2D eigenvalue weighted by Crippen LogP contribution is 2.26. The summed E-state index contributed by atoms with van der Waals surface area (Å²) in [7, 11) is 0. The number of hydrogen-bond acceptors (Lipinski definition) is 4. The number of nitro benzene ring substituents is 1. The van der Waals surface area contributed by atoms with Crippen LogP contribution < -0.4 is 0 Å². The van der Waals surface area contributed by atoms with Crippen LogP contribution in [0.15, 0.2) is 18.2 Å². The molecule has 15 heavy (non-hydrogen) atoms. The van der Waals surface area contributed by atoms with Crippen LogP contribution in [0.2, 0.25) is 0 Å². The lowest BCUT2D eigenvalue weighted by atomic mass is 10.1. The van der Waals surface area contributed by atoms with Crippen molar-refractivity contribution in [3.63, 3.8) is 0 Å². The van der Waals surface area contributed by atoms with Crippen LogP contribution in [0.25, 0.3) is 0 Å². The largest absolute Gasteiger partial charge is 0.502 e. The van der Waals surface area contributed by atoms with Crippen molar-refractivity contribution in [2.45, 2.75) is 19.3 Å². The van der Waals surface area contributed by atoms with Gasteiger partial charge in [-0.2, -0.15) is 0 Å². The molecule has 5 nitrogen and oxygen atoms in total. The Morgan fingerprint density at radius 1 is 1.47 bits per heavy atom. The number of aromatic hydroxyl groups is 1. The van der Waals surface area contributed by atoms with Crippen LogP contribution in [0.3, 0.4) is 0 Å². The Bertz CT molecular complexity index is 376. The van der Waals surface area contributed by atoms with Crippen LogP contribution >= 0.6 is 0 Å². The monoisotopic (exact) mass is 209 g/mol. The molecule has 0 unspecified atom stereocenters. The number of rotatable bonds is 5. The topological polar surface area (TPSA) is 80.4 Å². The van der Waals surface area contributed by atoms with E-state index in [4.69, 9.17) is 0 Å². The van der Waals surface area contributed by atoms with Gasteiger partial charge in [0.15, 0.2) is 5.75 Å². The van der Waals surface area contributed by atoms with Gasteiger partial charge in [0.2, 0.25) is 0 Å². The Labute approximate surface area is 86.5 Å². The minimum absolute atomic E-state index is 0.293. The molecule has 1 N–H and O–H groups in total. The minimum atomic E-state index is -0.626. The molecule has 0 aliphatic carbocycles. The van der Waals surface area contributed by atoms with Crippen molar-refractivity contribution in [2.75, 3.05) is 0 Å². The molecule has 0 bridgehead atoms. The first-order valence-corrected chi connectivity index (χ1v) is 4.55. The van der Waals surface area contributed by atoms with E-state index in [1.54, 1.807) is 6.07 Å². The molecule has 0 aliphatic heterocycles. The lowest BCUT2D eigenvalue weighted by Crippen LogP contribution is -1.92. The molecule has 0 heterocycles. The van der Waals surface area contributed by atoms with Crippen molar-refractivity contribution < 1.29 is 14.8 Å². The van der Waals surface area contributed by atoms with Crippen LogP contribution in [0.4, 0.5) is 5.69 Å². The van der Waals surface area contributed by atoms with E-state index in [0.29, 0.717) is 19.3 Å². The third-order valence-electron chi connectivity index (χ3n) is 2.02. The summed E-state index contributed by atoms with van der Waals surface area (Å²) in [6.07, 6.45) is 2.51. The number of phenols is 1. The predicted octanol–water partition coefficient (Wildman–Crippen LogP) is 1.82. The summed E-state index contributed by atoms with van der Waals surface area (Å²) in [4.78, 5) is 19.9. The summed E-state index contributed by atoms with van der Waals surface area (Å²) in [5.41, 5.74) is 0.458. The Kier molecular flexibility index (Phi) is 3.79. The fraction of sp³-hybridized carbons (Fsp3) is 0.300. The van der Waals surface area contributed by atoms with Crippen molar-refractivity contribution >= 4 is 12.0 Å². The molecule has 0 aromatic heterocycles. The molecule has 0 amide bonds. The highest BCUT2D eigenvalue weighted by atomic mass is 16.6. The summed E-state index contributed by atoms with van der Waals surface area (Å²) in [5, 5.41) is 19.7. The van der Waals surface area contributed by atoms with Crippen molar-refractivity contribution in [1.29, 1.82) is 0 Å². The maximum absolute atomic E-state index is 10.5. The Morgan fingerprint density at radius 2 is 2.20 bits per heavy atom. The van der Waals surface area contributed by atoms with Gasteiger partial charge < -0.3 is 9.90 Å². The second-order valence-electron chi connectivity index (χ2n) is 3.14. The van der Waals surface area contributed by atoms with Crippen LogP contribution in [-0.4, -0.2) is 16.3 Å². The number of aldehydes is 1. The Balaban J connectivity index is 2.78. The van der Waals surface area contributed by atoms with Gasteiger partial charge in [0, 0.05) is 12.5 Å². The zero-order chi connectivity index (χ0) is 11.3. The highest BCUT2D eigenvalue weighted by molar-refractivity contribution is 5.50. The summed E-state index contributed by atoms with van der Waals surface area (Å²) < 4.78 is 0. The van der Waals surface area contributed by atoms with E-state index in [2.05, 4.69) is 0 Å². The smallest absolute Gasteiger partial charge is 0.310 e.